The van der Waals surface area contributed by atoms with Gasteiger partial charge < -0.3 is 14.8 Å². The Bertz CT molecular complexity index is 595. The highest BCUT2D eigenvalue weighted by molar-refractivity contribution is 5.76. The number of aryl methyl sites for hydroxylation is 1. The molecule has 0 spiro atoms. The molecule has 0 amide bonds. The van der Waals surface area contributed by atoms with E-state index in [-0.39, 0.29) is 18.2 Å². The molecule has 0 unspecified atom stereocenters. The molecule has 6 heteroatoms. The summed E-state index contributed by atoms with van der Waals surface area (Å²) in [6.07, 6.45) is 1.42. The molecule has 0 aliphatic carbocycles. The minimum absolute atomic E-state index is 0.147. The third-order valence-corrected chi connectivity index (χ3v) is 2.54. The number of hydrogen-bond donors (Lipinski definition) is 2. The van der Waals surface area contributed by atoms with Crippen LogP contribution in [0.15, 0.2) is 16.9 Å². The van der Waals surface area contributed by atoms with Gasteiger partial charge in [-0.3, -0.25) is 4.79 Å². The molecule has 96 valence electrons. The van der Waals surface area contributed by atoms with E-state index in [1.54, 1.807) is 6.07 Å². The van der Waals surface area contributed by atoms with Gasteiger partial charge >= 0.3 is 6.01 Å². The number of H-pyrrole nitrogens is 1. The number of unbranched alkanes of at least 4 members (excludes halogenated alkanes) is 1. The molecule has 18 heavy (non-hydrogen) atoms. The number of aromatic nitrogens is 3. The van der Waals surface area contributed by atoms with E-state index in [0.717, 1.165) is 17.5 Å². The molecule has 0 aliphatic rings. The van der Waals surface area contributed by atoms with Gasteiger partial charge in [-0.1, -0.05) is 0 Å². The summed E-state index contributed by atoms with van der Waals surface area (Å²) in [5, 5.41) is 9.46. The number of ether oxygens (including phenoxy) is 1. The van der Waals surface area contributed by atoms with E-state index in [1.807, 2.05) is 6.92 Å². The van der Waals surface area contributed by atoms with Crippen LogP contribution in [0.25, 0.3) is 11.0 Å². The van der Waals surface area contributed by atoms with Crippen molar-refractivity contribution in [1.82, 2.24) is 15.0 Å². The van der Waals surface area contributed by atoms with Crippen molar-refractivity contribution in [1.29, 1.82) is 0 Å². The van der Waals surface area contributed by atoms with Crippen LogP contribution in [0.1, 0.15) is 18.5 Å². The van der Waals surface area contributed by atoms with Gasteiger partial charge in [0.25, 0.3) is 0 Å². The molecule has 0 aliphatic heterocycles. The quantitative estimate of drug-likeness (QED) is 0.764. The summed E-state index contributed by atoms with van der Waals surface area (Å²) in [5.74, 6) is 0. The van der Waals surface area contributed by atoms with Crippen LogP contribution in [0.3, 0.4) is 0 Å². The average Bonchev–Trinajstić information content (AvgIpc) is 2.34. The normalized spacial score (nSPS) is 10.8. The van der Waals surface area contributed by atoms with Gasteiger partial charge in [-0.2, -0.15) is 9.97 Å². The van der Waals surface area contributed by atoms with Gasteiger partial charge in [0, 0.05) is 18.1 Å². The van der Waals surface area contributed by atoms with Crippen LogP contribution in [0.2, 0.25) is 0 Å². The Hall–Kier alpha value is -1.95. The number of pyridine rings is 1. The maximum absolute atomic E-state index is 11.2. The minimum atomic E-state index is -0.202. The summed E-state index contributed by atoms with van der Waals surface area (Å²) >= 11 is 0. The van der Waals surface area contributed by atoms with Crippen LogP contribution in [-0.2, 0) is 0 Å². The first kappa shape index (κ1) is 12.5. The zero-order chi connectivity index (χ0) is 13.0. The molecule has 2 rings (SSSR count). The number of nitrogens with one attached hydrogen (secondary N) is 1. The zero-order valence-corrected chi connectivity index (χ0v) is 10.1. The molecule has 0 saturated heterocycles. The monoisotopic (exact) mass is 249 g/mol. The second-order valence-electron chi connectivity index (χ2n) is 3.96. The lowest BCUT2D eigenvalue weighted by Gasteiger charge is -2.06. The van der Waals surface area contributed by atoms with Crippen molar-refractivity contribution in [3.63, 3.8) is 0 Å². The van der Waals surface area contributed by atoms with Gasteiger partial charge in [0.1, 0.15) is 5.65 Å². The van der Waals surface area contributed by atoms with Crippen molar-refractivity contribution < 1.29 is 9.84 Å². The lowest BCUT2D eigenvalue weighted by Crippen LogP contribution is -2.08. The van der Waals surface area contributed by atoms with E-state index in [2.05, 4.69) is 15.0 Å². The molecule has 0 radical (unpaired) electrons. The van der Waals surface area contributed by atoms with Gasteiger partial charge in [-0.05, 0) is 25.8 Å². The highest BCUT2D eigenvalue weighted by Crippen LogP contribution is 2.14. The molecule has 0 bridgehead atoms. The Balaban J connectivity index is 2.22. The van der Waals surface area contributed by atoms with Crippen molar-refractivity contribution in [3.8, 4) is 6.01 Å². The van der Waals surface area contributed by atoms with E-state index in [9.17, 15) is 4.79 Å². The van der Waals surface area contributed by atoms with Crippen molar-refractivity contribution in [2.45, 2.75) is 19.8 Å². The maximum Gasteiger partial charge on any atom is 0.318 e. The van der Waals surface area contributed by atoms with E-state index in [0.29, 0.717) is 18.7 Å². The minimum Gasteiger partial charge on any atom is -0.463 e. The van der Waals surface area contributed by atoms with Crippen LogP contribution >= 0.6 is 0 Å². The first-order chi connectivity index (χ1) is 8.70. The first-order valence-corrected chi connectivity index (χ1v) is 5.82. The topological polar surface area (TPSA) is 88.1 Å². The SMILES string of the molecule is Cc1nc(OCCCCO)nc2[nH]c(=O)ccc12. The second kappa shape index (κ2) is 5.59. The van der Waals surface area contributed by atoms with Gasteiger partial charge in [0.05, 0.1) is 12.3 Å². The number of rotatable bonds is 5. The van der Waals surface area contributed by atoms with Crippen molar-refractivity contribution in [3.05, 3.63) is 28.2 Å². The third-order valence-electron chi connectivity index (χ3n) is 2.54. The number of fused-ring (bicyclic) bond motifs is 1. The Morgan fingerprint density at radius 3 is 2.94 bits per heavy atom. The molecule has 0 atom stereocenters. The number of aromatic amines is 1. The summed E-state index contributed by atoms with van der Waals surface area (Å²) in [7, 11) is 0. The van der Waals surface area contributed by atoms with Crippen LogP contribution in [-0.4, -0.2) is 33.3 Å². The fraction of sp³-hybridized carbons (Fsp3) is 0.417. The number of hydrogen-bond acceptors (Lipinski definition) is 5. The largest absolute Gasteiger partial charge is 0.463 e. The van der Waals surface area contributed by atoms with Gasteiger partial charge in [-0.25, -0.2) is 0 Å². The lowest BCUT2D eigenvalue weighted by molar-refractivity contribution is 0.244. The van der Waals surface area contributed by atoms with E-state index < -0.39 is 0 Å². The molecular formula is C12H15N3O3. The molecule has 6 nitrogen and oxygen atoms in total. The summed E-state index contributed by atoms with van der Waals surface area (Å²) in [5.41, 5.74) is 1.03. The predicted molar refractivity (Wildman–Crippen MR) is 66.7 cm³/mol. The molecular weight excluding hydrogens is 234 g/mol. The molecule has 2 aromatic heterocycles. The maximum atomic E-state index is 11.2. The zero-order valence-electron chi connectivity index (χ0n) is 10.1. The van der Waals surface area contributed by atoms with Crippen LogP contribution < -0.4 is 10.3 Å². The fourth-order valence-corrected chi connectivity index (χ4v) is 1.61. The molecule has 0 fully saturated rings. The van der Waals surface area contributed by atoms with Crippen LogP contribution in [0, 0.1) is 6.92 Å². The summed E-state index contributed by atoms with van der Waals surface area (Å²) in [6.45, 7) is 2.43. The summed E-state index contributed by atoms with van der Waals surface area (Å²) in [4.78, 5) is 22.2. The van der Waals surface area contributed by atoms with Gasteiger partial charge in [0.2, 0.25) is 5.56 Å². The van der Waals surface area contributed by atoms with Crippen molar-refractivity contribution in [2.75, 3.05) is 13.2 Å². The number of aliphatic hydroxyl groups is 1. The molecule has 2 heterocycles. The first-order valence-electron chi connectivity index (χ1n) is 5.82. The Morgan fingerprint density at radius 2 is 2.17 bits per heavy atom. The van der Waals surface area contributed by atoms with Crippen LogP contribution in [0.5, 0.6) is 6.01 Å². The van der Waals surface area contributed by atoms with Gasteiger partial charge in [0.15, 0.2) is 0 Å². The third kappa shape index (κ3) is 2.84. The lowest BCUT2D eigenvalue weighted by atomic mass is 10.2. The highest BCUT2D eigenvalue weighted by atomic mass is 16.5. The smallest absolute Gasteiger partial charge is 0.318 e. The molecule has 0 saturated carbocycles. The fourth-order valence-electron chi connectivity index (χ4n) is 1.61. The Morgan fingerprint density at radius 1 is 1.33 bits per heavy atom. The van der Waals surface area contributed by atoms with Crippen molar-refractivity contribution in [2.24, 2.45) is 0 Å². The summed E-state index contributed by atoms with van der Waals surface area (Å²) < 4.78 is 5.38. The second-order valence-corrected chi connectivity index (χ2v) is 3.96. The van der Waals surface area contributed by atoms with E-state index in [4.69, 9.17) is 9.84 Å². The number of aliphatic hydroxyl groups excluding tert-OH is 1. The molecule has 2 aromatic rings. The molecule has 2 N–H and O–H groups in total. The van der Waals surface area contributed by atoms with E-state index >= 15 is 0 Å². The Labute approximate surface area is 104 Å². The highest BCUT2D eigenvalue weighted by Gasteiger charge is 2.05. The standard InChI is InChI=1S/C12H15N3O3/c1-8-9-4-5-10(17)14-11(9)15-12(13-8)18-7-3-2-6-16/h4-5,16H,2-3,6-7H2,1H3,(H,13,14,15,17). The number of nitrogens with zero attached hydrogens (tertiary/aromatic N) is 2. The van der Waals surface area contributed by atoms with Gasteiger partial charge in [-0.15, -0.1) is 0 Å². The van der Waals surface area contributed by atoms with Crippen molar-refractivity contribution >= 4 is 11.0 Å². The summed E-state index contributed by atoms with van der Waals surface area (Å²) in [6, 6.07) is 3.39. The average molecular weight is 249 g/mol. The Kier molecular flexibility index (Phi) is 3.88. The van der Waals surface area contributed by atoms with Crippen LogP contribution in [0.4, 0.5) is 0 Å². The van der Waals surface area contributed by atoms with E-state index in [1.165, 1.54) is 6.07 Å². The molecule has 0 aromatic carbocycles. The predicted octanol–water partition coefficient (Wildman–Crippen LogP) is 0.778.